The number of fused-ring (bicyclic) bond motifs is 1. The maximum atomic E-state index is 11.0. The van der Waals surface area contributed by atoms with Gasteiger partial charge in [-0.3, -0.25) is 0 Å². The van der Waals surface area contributed by atoms with E-state index in [0.29, 0.717) is 35.9 Å². The number of ether oxygens (including phenoxy) is 1. The molecular formula is C19H20N4O3. The summed E-state index contributed by atoms with van der Waals surface area (Å²) >= 11 is 0. The fraction of sp³-hybridized carbons (Fsp3) is 0.316. The molecule has 0 radical (unpaired) electrons. The fourth-order valence-corrected chi connectivity index (χ4v) is 2.80. The maximum Gasteiger partial charge on any atom is 0.332 e. The van der Waals surface area contributed by atoms with E-state index in [1.54, 1.807) is 10.7 Å². The molecule has 0 unspecified atom stereocenters. The third kappa shape index (κ3) is 3.14. The molecule has 3 rings (SSSR count). The lowest BCUT2D eigenvalue weighted by atomic mass is 10.0. The Bertz CT molecular complexity index is 935. The van der Waals surface area contributed by atoms with E-state index in [2.05, 4.69) is 30.3 Å². The van der Waals surface area contributed by atoms with Crippen molar-refractivity contribution >= 4 is 11.7 Å². The van der Waals surface area contributed by atoms with Gasteiger partial charge in [0.05, 0.1) is 23.6 Å². The molecule has 0 saturated carbocycles. The van der Waals surface area contributed by atoms with E-state index in [-0.39, 0.29) is 5.57 Å². The van der Waals surface area contributed by atoms with Gasteiger partial charge in [0.15, 0.2) is 0 Å². The van der Waals surface area contributed by atoms with Gasteiger partial charge in [0.25, 0.3) is 0 Å². The standard InChI is InChI=1S/C19H20N4O3/c1-11(2)15-4-6-23(22-15)17-8-16(21-10-12(3)19(24)25)14(9-20)13-5-7-26-18(13)17/h4,6,8,10-11,21H,5,7H2,1-3H3,(H,24,25). The number of aromatic nitrogens is 2. The van der Waals surface area contributed by atoms with Crippen LogP contribution < -0.4 is 10.1 Å². The molecule has 26 heavy (non-hydrogen) atoms. The first-order valence-electron chi connectivity index (χ1n) is 8.37. The molecule has 0 spiro atoms. The first-order chi connectivity index (χ1) is 12.4. The third-order valence-corrected chi connectivity index (χ3v) is 4.30. The number of anilines is 1. The molecule has 0 saturated heterocycles. The normalized spacial score (nSPS) is 13.3. The maximum absolute atomic E-state index is 11.0. The number of carboxylic acids is 1. The molecule has 1 aromatic carbocycles. The van der Waals surface area contributed by atoms with Crippen molar-refractivity contribution in [1.82, 2.24) is 9.78 Å². The minimum absolute atomic E-state index is 0.147. The molecule has 0 bridgehead atoms. The summed E-state index contributed by atoms with van der Waals surface area (Å²) in [4.78, 5) is 11.0. The SMILES string of the molecule is CC(=CNc1cc(-n2ccc(C(C)C)n2)c2c(c1C#N)CCO2)C(=O)O. The van der Waals surface area contributed by atoms with Gasteiger partial charge in [-0.15, -0.1) is 0 Å². The lowest BCUT2D eigenvalue weighted by Gasteiger charge is -2.14. The summed E-state index contributed by atoms with van der Waals surface area (Å²) in [5.74, 6) is -0.0684. The van der Waals surface area contributed by atoms with Crippen LogP contribution in [0.3, 0.4) is 0 Å². The average molecular weight is 352 g/mol. The van der Waals surface area contributed by atoms with Gasteiger partial charge in [-0.1, -0.05) is 13.8 Å². The zero-order valence-electron chi connectivity index (χ0n) is 14.9. The molecule has 0 aliphatic carbocycles. The van der Waals surface area contributed by atoms with Crippen LogP contribution in [0.4, 0.5) is 5.69 Å². The van der Waals surface area contributed by atoms with Crippen LogP contribution in [-0.4, -0.2) is 27.5 Å². The molecule has 0 fully saturated rings. The lowest BCUT2D eigenvalue weighted by molar-refractivity contribution is -0.132. The number of rotatable bonds is 5. The summed E-state index contributed by atoms with van der Waals surface area (Å²) in [5, 5.41) is 26.2. The Morgan fingerprint density at radius 1 is 1.54 bits per heavy atom. The number of aliphatic carboxylic acids is 1. The van der Waals surface area contributed by atoms with E-state index in [9.17, 15) is 10.1 Å². The molecule has 2 heterocycles. The zero-order chi connectivity index (χ0) is 18.8. The van der Waals surface area contributed by atoms with Gasteiger partial charge in [0, 0.05) is 30.0 Å². The van der Waals surface area contributed by atoms with Gasteiger partial charge in [-0.2, -0.15) is 10.4 Å². The van der Waals surface area contributed by atoms with Crippen molar-refractivity contribution in [3.63, 3.8) is 0 Å². The van der Waals surface area contributed by atoms with Crippen molar-refractivity contribution in [2.45, 2.75) is 33.1 Å². The van der Waals surface area contributed by atoms with Crippen molar-refractivity contribution in [2.24, 2.45) is 0 Å². The van der Waals surface area contributed by atoms with Crippen molar-refractivity contribution in [2.75, 3.05) is 11.9 Å². The third-order valence-electron chi connectivity index (χ3n) is 4.30. The Morgan fingerprint density at radius 2 is 2.31 bits per heavy atom. The second-order valence-corrected chi connectivity index (χ2v) is 6.45. The van der Waals surface area contributed by atoms with Crippen molar-refractivity contribution in [1.29, 1.82) is 5.26 Å². The second kappa shape index (κ2) is 6.92. The fourth-order valence-electron chi connectivity index (χ4n) is 2.80. The molecule has 1 aliphatic rings. The van der Waals surface area contributed by atoms with Crippen LogP contribution in [0.2, 0.25) is 0 Å². The predicted octanol–water partition coefficient (Wildman–Crippen LogP) is 3.20. The molecule has 7 nitrogen and oxygen atoms in total. The Kier molecular flexibility index (Phi) is 4.67. The number of nitrogens with one attached hydrogen (secondary N) is 1. The minimum Gasteiger partial charge on any atom is -0.491 e. The largest absolute Gasteiger partial charge is 0.491 e. The monoisotopic (exact) mass is 352 g/mol. The molecule has 0 amide bonds. The topological polar surface area (TPSA) is 100 Å². The number of nitrogens with zero attached hydrogens (tertiary/aromatic N) is 3. The Hall–Kier alpha value is -3.27. The Morgan fingerprint density at radius 3 is 2.92 bits per heavy atom. The summed E-state index contributed by atoms with van der Waals surface area (Å²) < 4.78 is 7.50. The molecule has 1 aliphatic heterocycles. The minimum atomic E-state index is -1.02. The summed E-state index contributed by atoms with van der Waals surface area (Å²) in [6.45, 7) is 6.13. The highest BCUT2D eigenvalue weighted by Crippen LogP contribution is 2.39. The molecule has 0 atom stereocenters. The molecule has 134 valence electrons. The summed E-state index contributed by atoms with van der Waals surface area (Å²) in [6.07, 6.45) is 3.87. The summed E-state index contributed by atoms with van der Waals surface area (Å²) in [7, 11) is 0. The molecule has 2 aromatic rings. The number of nitriles is 1. The zero-order valence-corrected chi connectivity index (χ0v) is 14.9. The van der Waals surface area contributed by atoms with Crippen molar-refractivity contribution in [3.8, 4) is 17.5 Å². The van der Waals surface area contributed by atoms with Crippen molar-refractivity contribution in [3.05, 3.63) is 46.9 Å². The van der Waals surface area contributed by atoms with Gasteiger partial charge in [0.2, 0.25) is 0 Å². The number of carbonyl (C=O) groups is 1. The van der Waals surface area contributed by atoms with E-state index < -0.39 is 5.97 Å². The second-order valence-electron chi connectivity index (χ2n) is 6.45. The smallest absolute Gasteiger partial charge is 0.332 e. The Labute approximate surface area is 151 Å². The van der Waals surface area contributed by atoms with E-state index >= 15 is 0 Å². The molecule has 7 heteroatoms. The van der Waals surface area contributed by atoms with E-state index in [1.165, 1.54) is 13.1 Å². The molecule has 1 aromatic heterocycles. The quantitative estimate of drug-likeness (QED) is 0.802. The number of hydrogen-bond acceptors (Lipinski definition) is 5. The first-order valence-corrected chi connectivity index (χ1v) is 8.37. The van der Waals surface area contributed by atoms with Gasteiger partial charge in [-0.25, -0.2) is 9.48 Å². The van der Waals surface area contributed by atoms with Crippen LogP contribution in [0.15, 0.2) is 30.1 Å². The number of benzene rings is 1. The number of hydrogen-bond donors (Lipinski definition) is 2. The van der Waals surface area contributed by atoms with Crippen LogP contribution in [-0.2, 0) is 11.2 Å². The van der Waals surface area contributed by atoms with E-state index in [4.69, 9.17) is 9.84 Å². The first kappa shape index (κ1) is 17.5. The van der Waals surface area contributed by atoms with Crippen LogP contribution >= 0.6 is 0 Å². The predicted molar refractivity (Wildman–Crippen MR) is 96.6 cm³/mol. The van der Waals surface area contributed by atoms with Gasteiger partial charge >= 0.3 is 5.97 Å². The van der Waals surface area contributed by atoms with Gasteiger partial charge in [0.1, 0.15) is 17.5 Å². The lowest BCUT2D eigenvalue weighted by Crippen LogP contribution is -2.05. The van der Waals surface area contributed by atoms with Crippen LogP contribution in [0.25, 0.3) is 5.69 Å². The van der Waals surface area contributed by atoms with Crippen molar-refractivity contribution < 1.29 is 14.6 Å². The highest BCUT2D eigenvalue weighted by Gasteiger charge is 2.25. The van der Waals surface area contributed by atoms with Crippen LogP contribution in [0.1, 0.15) is 43.5 Å². The van der Waals surface area contributed by atoms with E-state index in [1.807, 2.05) is 12.3 Å². The summed E-state index contributed by atoms with van der Waals surface area (Å²) in [6, 6.07) is 5.92. The summed E-state index contributed by atoms with van der Waals surface area (Å²) in [5.41, 5.74) is 3.65. The highest BCUT2D eigenvalue weighted by molar-refractivity contribution is 5.86. The van der Waals surface area contributed by atoms with Crippen LogP contribution in [0, 0.1) is 11.3 Å². The average Bonchev–Trinajstić information content (AvgIpc) is 3.27. The highest BCUT2D eigenvalue weighted by atomic mass is 16.5. The number of carboxylic acid groups (broad SMARTS) is 1. The molecule has 2 N–H and O–H groups in total. The Balaban J connectivity index is 2.12. The van der Waals surface area contributed by atoms with Crippen LogP contribution in [0.5, 0.6) is 5.75 Å². The van der Waals surface area contributed by atoms with Gasteiger partial charge < -0.3 is 15.2 Å². The molecular weight excluding hydrogens is 332 g/mol. The van der Waals surface area contributed by atoms with Gasteiger partial charge in [-0.05, 0) is 25.0 Å². The van der Waals surface area contributed by atoms with E-state index in [0.717, 1.165) is 16.9 Å².